The third-order valence-corrected chi connectivity index (χ3v) is 4.20. The zero-order valence-corrected chi connectivity index (χ0v) is 10.8. The van der Waals surface area contributed by atoms with Crippen molar-refractivity contribution in [3.05, 3.63) is 0 Å². The molecule has 0 aromatic carbocycles. The summed E-state index contributed by atoms with van der Waals surface area (Å²) in [6.45, 7) is 3.20. The zero-order valence-electron chi connectivity index (χ0n) is 10.8. The molecule has 2 N–H and O–H groups in total. The van der Waals surface area contributed by atoms with Gasteiger partial charge in [0.25, 0.3) is 0 Å². The van der Waals surface area contributed by atoms with E-state index in [1.54, 1.807) is 0 Å². The van der Waals surface area contributed by atoms with Crippen LogP contribution in [0.3, 0.4) is 0 Å². The first-order valence-corrected chi connectivity index (χ1v) is 6.86. The van der Waals surface area contributed by atoms with E-state index in [1.807, 2.05) is 4.90 Å². The Morgan fingerprint density at radius 1 is 1.11 bits per heavy atom. The molecule has 1 heterocycles. The van der Waals surface area contributed by atoms with Crippen LogP contribution in [0.25, 0.3) is 0 Å². The van der Waals surface area contributed by atoms with Gasteiger partial charge in [-0.2, -0.15) is 0 Å². The number of nitrogens with one attached hydrogen (secondary N) is 1. The van der Waals surface area contributed by atoms with E-state index < -0.39 is 11.4 Å². The molecule has 1 aliphatic heterocycles. The highest BCUT2D eigenvalue weighted by atomic mass is 16.4. The van der Waals surface area contributed by atoms with E-state index in [0.717, 1.165) is 38.9 Å². The number of rotatable bonds is 3. The molecule has 0 aromatic heterocycles. The maximum Gasteiger partial charge on any atom is 0.310 e. The molecule has 0 spiro atoms. The van der Waals surface area contributed by atoms with Crippen molar-refractivity contribution >= 4 is 11.9 Å². The van der Waals surface area contributed by atoms with E-state index in [9.17, 15) is 14.7 Å². The van der Waals surface area contributed by atoms with Gasteiger partial charge in [-0.05, 0) is 25.8 Å². The summed E-state index contributed by atoms with van der Waals surface area (Å²) in [5.41, 5.74) is -0.781. The lowest BCUT2D eigenvalue weighted by atomic mass is 9.82. The van der Waals surface area contributed by atoms with Crippen molar-refractivity contribution < 1.29 is 14.7 Å². The first-order chi connectivity index (χ1) is 8.64. The number of hydrogen-bond acceptors (Lipinski definition) is 3. The molecule has 1 amide bonds. The quantitative estimate of drug-likeness (QED) is 0.783. The van der Waals surface area contributed by atoms with E-state index in [-0.39, 0.29) is 12.3 Å². The standard InChI is InChI=1S/C13H22N2O3/c16-11(15-8-3-6-14-7-9-15)10-13(12(17)18)4-1-2-5-13/h14H,1-10H2,(H,17,18). The van der Waals surface area contributed by atoms with Crippen LogP contribution in [-0.2, 0) is 9.59 Å². The van der Waals surface area contributed by atoms with E-state index >= 15 is 0 Å². The highest BCUT2D eigenvalue weighted by Gasteiger charge is 2.43. The van der Waals surface area contributed by atoms with Gasteiger partial charge in [0, 0.05) is 26.1 Å². The number of carbonyl (C=O) groups is 2. The SMILES string of the molecule is O=C(CC1(C(=O)O)CCCC1)N1CCCNCC1. The fourth-order valence-corrected chi connectivity index (χ4v) is 3.01. The molecule has 0 aromatic rings. The largest absolute Gasteiger partial charge is 0.481 e. The molecule has 2 rings (SSSR count). The average Bonchev–Trinajstić information content (AvgIpc) is 2.65. The molecule has 2 aliphatic rings. The number of carboxylic acids is 1. The molecule has 0 atom stereocenters. The summed E-state index contributed by atoms with van der Waals surface area (Å²) >= 11 is 0. The fourth-order valence-electron chi connectivity index (χ4n) is 3.01. The van der Waals surface area contributed by atoms with Gasteiger partial charge >= 0.3 is 5.97 Å². The Balaban J connectivity index is 1.98. The van der Waals surface area contributed by atoms with Crippen LogP contribution in [0.15, 0.2) is 0 Å². The molecule has 1 saturated heterocycles. The lowest BCUT2D eigenvalue weighted by Gasteiger charge is -2.27. The Labute approximate surface area is 108 Å². The summed E-state index contributed by atoms with van der Waals surface area (Å²) in [6.07, 6.45) is 4.30. The van der Waals surface area contributed by atoms with Crippen molar-refractivity contribution in [2.75, 3.05) is 26.2 Å². The Morgan fingerprint density at radius 3 is 2.50 bits per heavy atom. The summed E-state index contributed by atoms with van der Waals surface area (Å²) < 4.78 is 0. The second-order valence-corrected chi connectivity index (χ2v) is 5.45. The molecule has 1 saturated carbocycles. The van der Waals surface area contributed by atoms with Crippen LogP contribution in [0.2, 0.25) is 0 Å². The second kappa shape index (κ2) is 5.69. The normalized spacial score (nSPS) is 23.7. The second-order valence-electron chi connectivity index (χ2n) is 5.45. The number of nitrogens with zero attached hydrogens (tertiary/aromatic N) is 1. The maximum absolute atomic E-state index is 12.3. The van der Waals surface area contributed by atoms with Crippen LogP contribution in [0.5, 0.6) is 0 Å². The summed E-state index contributed by atoms with van der Waals surface area (Å²) in [7, 11) is 0. The predicted molar refractivity (Wildman–Crippen MR) is 67.2 cm³/mol. The third kappa shape index (κ3) is 2.83. The molecule has 0 unspecified atom stereocenters. The topological polar surface area (TPSA) is 69.6 Å². The van der Waals surface area contributed by atoms with Crippen molar-refractivity contribution in [1.82, 2.24) is 10.2 Å². The Hall–Kier alpha value is -1.10. The smallest absolute Gasteiger partial charge is 0.310 e. The number of hydrogen-bond donors (Lipinski definition) is 2. The van der Waals surface area contributed by atoms with Gasteiger partial charge in [0.2, 0.25) is 5.91 Å². The molecular weight excluding hydrogens is 232 g/mol. The number of aliphatic carboxylic acids is 1. The van der Waals surface area contributed by atoms with Crippen LogP contribution in [0.4, 0.5) is 0 Å². The minimum atomic E-state index is -0.790. The van der Waals surface area contributed by atoms with Crippen LogP contribution in [0.1, 0.15) is 38.5 Å². The van der Waals surface area contributed by atoms with E-state index in [1.165, 1.54) is 0 Å². The number of carbonyl (C=O) groups excluding carboxylic acids is 1. The molecule has 0 radical (unpaired) electrons. The predicted octanol–water partition coefficient (Wildman–Crippen LogP) is 0.843. The van der Waals surface area contributed by atoms with Crippen molar-refractivity contribution in [2.24, 2.45) is 5.41 Å². The molecule has 2 fully saturated rings. The van der Waals surface area contributed by atoms with Gasteiger partial charge in [-0.15, -0.1) is 0 Å². The van der Waals surface area contributed by atoms with Gasteiger partial charge in [-0.25, -0.2) is 0 Å². The summed E-state index contributed by atoms with van der Waals surface area (Å²) in [4.78, 5) is 25.5. The Morgan fingerprint density at radius 2 is 1.83 bits per heavy atom. The van der Waals surface area contributed by atoms with Crippen molar-refractivity contribution in [2.45, 2.75) is 38.5 Å². The van der Waals surface area contributed by atoms with Crippen LogP contribution in [0, 0.1) is 5.41 Å². The number of amides is 1. The van der Waals surface area contributed by atoms with Crippen LogP contribution < -0.4 is 5.32 Å². The average molecular weight is 254 g/mol. The van der Waals surface area contributed by atoms with Gasteiger partial charge in [0.15, 0.2) is 0 Å². The van der Waals surface area contributed by atoms with Gasteiger partial charge in [0.1, 0.15) is 0 Å². The third-order valence-electron chi connectivity index (χ3n) is 4.20. The number of carboxylic acid groups (broad SMARTS) is 1. The Bertz CT molecular complexity index is 316. The van der Waals surface area contributed by atoms with Gasteiger partial charge in [0.05, 0.1) is 5.41 Å². The maximum atomic E-state index is 12.3. The zero-order chi connectivity index (χ0) is 13.0. The summed E-state index contributed by atoms with van der Waals surface area (Å²) in [5, 5.41) is 12.6. The summed E-state index contributed by atoms with van der Waals surface area (Å²) in [6, 6.07) is 0. The van der Waals surface area contributed by atoms with E-state index in [2.05, 4.69) is 5.32 Å². The van der Waals surface area contributed by atoms with Crippen LogP contribution in [-0.4, -0.2) is 48.1 Å². The highest BCUT2D eigenvalue weighted by molar-refractivity contribution is 5.85. The van der Waals surface area contributed by atoms with Crippen LogP contribution >= 0.6 is 0 Å². The molecule has 5 nitrogen and oxygen atoms in total. The molecular formula is C13H22N2O3. The highest BCUT2D eigenvalue weighted by Crippen LogP contribution is 2.41. The van der Waals surface area contributed by atoms with Crippen molar-refractivity contribution in [3.8, 4) is 0 Å². The van der Waals surface area contributed by atoms with Gasteiger partial charge < -0.3 is 15.3 Å². The lowest BCUT2D eigenvalue weighted by molar-refractivity contribution is -0.153. The molecule has 102 valence electrons. The first kappa shape index (κ1) is 13.3. The monoisotopic (exact) mass is 254 g/mol. The van der Waals surface area contributed by atoms with E-state index in [0.29, 0.717) is 19.4 Å². The fraction of sp³-hybridized carbons (Fsp3) is 0.846. The van der Waals surface area contributed by atoms with Crippen molar-refractivity contribution in [1.29, 1.82) is 0 Å². The summed E-state index contributed by atoms with van der Waals surface area (Å²) in [5.74, 6) is -0.774. The molecule has 1 aliphatic carbocycles. The minimum Gasteiger partial charge on any atom is -0.481 e. The molecule has 0 bridgehead atoms. The molecule has 5 heteroatoms. The van der Waals surface area contributed by atoms with E-state index in [4.69, 9.17) is 0 Å². The first-order valence-electron chi connectivity index (χ1n) is 6.86. The van der Waals surface area contributed by atoms with Crippen molar-refractivity contribution in [3.63, 3.8) is 0 Å². The Kier molecular flexibility index (Phi) is 4.22. The minimum absolute atomic E-state index is 0.0167. The lowest BCUT2D eigenvalue weighted by Crippen LogP contribution is -2.40. The van der Waals surface area contributed by atoms with Gasteiger partial charge in [-0.1, -0.05) is 12.8 Å². The van der Waals surface area contributed by atoms with Gasteiger partial charge in [-0.3, -0.25) is 9.59 Å². The molecule has 18 heavy (non-hydrogen) atoms.